The van der Waals surface area contributed by atoms with Gasteiger partial charge >= 0.3 is 5.76 Å². The first kappa shape index (κ1) is 17.4. The Morgan fingerprint density at radius 3 is 2.62 bits per heavy atom. The lowest BCUT2D eigenvalue weighted by molar-refractivity contribution is -0.132. The van der Waals surface area contributed by atoms with Crippen LogP contribution in [0.2, 0.25) is 0 Å². The summed E-state index contributed by atoms with van der Waals surface area (Å²) in [5.41, 5.74) is 5.47. The number of hydrogen-bond donors (Lipinski definition) is 0. The molecule has 2 aromatic heterocycles. The molecule has 0 saturated carbocycles. The minimum atomic E-state index is -0.516. The lowest BCUT2D eigenvalue weighted by atomic mass is 10.00. The molecule has 0 unspecified atom stereocenters. The Kier molecular flexibility index (Phi) is 4.24. The molecular formula is C23H19N3O3. The van der Waals surface area contributed by atoms with Crippen LogP contribution in [0.5, 0.6) is 0 Å². The standard InChI is InChI=1S/C23H19N3O3/c27-22(25-12-9-16-3-1-2-4-19(16)14-25)15-26-20-13-18(17-7-10-24-11-8-17)5-6-21(20)29-23(26)28/h1-8,10-11,13H,9,12,14-15H2. The summed E-state index contributed by atoms with van der Waals surface area (Å²) in [5, 5.41) is 0. The largest absolute Gasteiger partial charge is 0.420 e. The third-order valence-corrected chi connectivity index (χ3v) is 5.46. The van der Waals surface area contributed by atoms with Gasteiger partial charge in [-0.25, -0.2) is 4.79 Å². The number of fused-ring (bicyclic) bond motifs is 2. The minimum Gasteiger partial charge on any atom is -0.408 e. The van der Waals surface area contributed by atoms with E-state index in [1.807, 2.05) is 36.4 Å². The predicted octanol–water partition coefficient (Wildman–Crippen LogP) is 3.24. The van der Waals surface area contributed by atoms with Gasteiger partial charge in [0.2, 0.25) is 5.91 Å². The number of hydrogen-bond acceptors (Lipinski definition) is 4. The number of amides is 1. The van der Waals surface area contributed by atoms with Gasteiger partial charge in [0.05, 0.1) is 5.52 Å². The average Bonchev–Trinajstić information content (AvgIpc) is 3.08. The van der Waals surface area contributed by atoms with Crippen molar-refractivity contribution in [2.24, 2.45) is 0 Å². The van der Waals surface area contributed by atoms with Crippen LogP contribution in [-0.4, -0.2) is 26.9 Å². The molecule has 0 fully saturated rings. The van der Waals surface area contributed by atoms with Crippen LogP contribution in [0.4, 0.5) is 0 Å². The molecule has 6 heteroatoms. The smallest absolute Gasteiger partial charge is 0.408 e. The molecular weight excluding hydrogens is 366 g/mol. The van der Waals surface area contributed by atoms with Gasteiger partial charge in [-0.1, -0.05) is 30.3 Å². The third-order valence-electron chi connectivity index (χ3n) is 5.46. The maximum atomic E-state index is 12.9. The van der Waals surface area contributed by atoms with Gasteiger partial charge in [-0.05, 0) is 52.9 Å². The molecule has 1 amide bonds. The van der Waals surface area contributed by atoms with Crippen molar-refractivity contribution in [1.29, 1.82) is 0 Å². The van der Waals surface area contributed by atoms with Crippen molar-refractivity contribution in [2.45, 2.75) is 19.5 Å². The van der Waals surface area contributed by atoms with E-state index >= 15 is 0 Å². The second-order valence-corrected chi connectivity index (χ2v) is 7.21. The Morgan fingerprint density at radius 2 is 1.79 bits per heavy atom. The summed E-state index contributed by atoms with van der Waals surface area (Å²) >= 11 is 0. The van der Waals surface area contributed by atoms with Crippen molar-refractivity contribution in [1.82, 2.24) is 14.5 Å². The highest BCUT2D eigenvalue weighted by molar-refractivity contribution is 5.83. The number of nitrogens with zero attached hydrogens (tertiary/aromatic N) is 3. The van der Waals surface area contributed by atoms with Crippen LogP contribution in [0, 0.1) is 0 Å². The minimum absolute atomic E-state index is 0.0339. The SMILES string of the molecule is O=C(Cn1c(=O)oc2ccc(-c3ccncc3)cc21)N1CCc2ccccc2C1. The van der Waals surface area contributed by atoms with Gasteiger partial charge < -0.3 is 9.32 Å². The van der Waals surface area contributed by atoms with Crippen LogP contribution < -0.4 is 5.76 Å². The van der Waals surface area contributed by atoms with Gasteiger partial charge in [0.1, 0.15) is 6.54 Å². The molecule has 2 aromatic carbocycles. The van der Waals surface area contributed by atoms with Crippen LogP contribution in [0.1, 0.15) is 11.1 Å². The maximum Gasteiger partial charge on any atom is 0.420 e. The second kappa shape index (κ2) is 7.05. The maximum absolute atomic E-state index is 12.9. The van der Waals surface area contributed by atoms with E-state index in [2.05, 4.69) is 17.1 Å². The molecule has 144 valence electrons. The first-order valence-electron chi connectivity index (χ1n) is 9.57. The van der Waals surface area contributed by atoms with Crippen molar-refractivity contribution in [3.05, 3.63) is 88.7 Å². The zero-order valence-corrected chi connectivity index (χ0v) is 15.7. The van der Waals surface area contributed by atoms with E-state index in [0.29, 0.717) is 24.2 Å². The zero-order chi connectivity index (χ0) is 19.8. The highest BCUT2D eigenvalue weighted by atomic mass is 16.4. The first-order chi connectivity index (χ1) is 14.2. The Hall–Kier alpha value is -3.67. The summed E-state index contributed by atoms with van der Waals surface area (Å²) in [5.74, 6) is -0.601. The number of carbonyl (C=O) groups excluding carboxylic acids is 1. The zero-order valence-electron chi connectivity index (χ0n) is 15.7. The lowest BCUT2D eigenvalue weighted by Crippen LogP contribution is -2.39. The molecule has 4 aromatic rings. The molecule has 1 aliphatic heterocycles. The summed E-state index contributed by atoms with van der Waals surface area (Å²) in [4.78, 5) is 31.2. The van der Waals surface area contributed by atoms with E-state index < -0.39 is 5.76 Å². The number of oxazole rings is 1. The highest BCUT2D eigenvalue weighted by Crippen LogP contribution is 2.24. The van der Waals surface area contributed by atoms with Gasteiger partial charge in [0, 0.05) is 25.5 Å². The molecule has 0 aliphatic carbocycles. The molecule has 0 spiro atoms. The van der Waals surface area contributed by atoms with Crippen LogP contribution >= 0.6 is 0 Å². The molecule has 0 radical (unpaired) electrons. The Labute approximate surface area is 167 Å². The van der Waals surface area contributed by atoms with E-state index in [4.69, 9.17) is 4.42 Å². The van der Waals surface area contributed by atoms with E-state index in [1.165, 1.54) is 10.1 Å². The van der Waals surface area contributed by atoms with Gasteiger partial charge in [-0.3, -0.25) is 14.3 Å². The number of pyridine rings is 1. The van der Waals surface area contributed by atoms with E-state index in [1.54, 1.807) is 23.4 Å². The molecule has 0 bridgehead atoms. The number of benzene rings is 2. The molecule has 0 saturated heterocycles. The van der Waals surface area contributed by atoms with E-state index in [9.17, 15) is 9.59 Å². The molecule has 0 atom stereocenters. The fourth-order valence-corrected chi connectivity index (χ4v) is 3.88. The van der Waals surface area contributed by atoms with Gasteiger partial charge in [-0.15, -0.1) is 0 Å². The normalized spacial score (nSPS) is 13.4. The molecule has 0 N–H and O–H groups in total. The van der Waals surface area contributed by atoms with Crippen LogP contribution in [0.15, 0.2) is 76.2 Å². The molecule has 29 heavy (non-hydrogen) atoms. The molecule has 6 nitrogen and oxygen atoms in total. The average molecular weight is 385 g/mol. The quantitative estimate of drug-likeness (QED) is 0.543. The summed E-state index contributed by atoms with van der Waals surface area (Å²) in [7, 11) is 0. The predicted molar refractivity (Wildman–Crippen MR) is 109 cm³/mol. The van der Waals surface area contributed by atoms with Crippen molar-refractivity contribution < 1.29 is 9.21 Å². The van der Waals surface area contributed by atoms with Crippen molar-refractivity contribution in [3.63, 3.8) is 0 Å². The number of rotatable bonds is 3. The van der Waals surface area contributed by atoms with E-state index in [-0.39, 0.29) is 12.5 Å². The number of carbonyl (C=O) groups is 1. The summed E-state index contributed by atoms with van der Waals surface area (Å²) in [6.45, 7) is 1.19. The summed E-state index contributed by atoms with van der Waals surface area (Å²) in [6, 6.07) is 17.5. The van der Waals surface area contributed by atoms with Crippen molar-refractivity contribution in [2.75, 3.05) is 6.54 Å². The van der Waals surface area contributed by atoms with Gasteiger partial charge in [0.25, 0.3) is 0 Å². The molecule has 5 rings (SSSR count). The Morgan fingerprint density at radius 1 is 1.00 bits per heavy atom. The monoisotopic (exact) mass is 385 g/mol. The summed E-state index contributed by atoms with van der Waals surface area (Å²) in [6.07, 6.45) is 4.27. The Bertz CT molecular complexity index is 1260. The Balaban J connectivity index is 1.45. The molecule has 1 aliphatic rings. The van der Waals surface area contributed by atoms with E-state index in [0.717, 1.165) is 23.1 Å². The highest BCUT2D eigenvalue weighted by Gasteiger charge is 2.22. The van der Waals surface area contributed by atoms with Gasteiger partial charge in [0.15, 0.2) is 5.58 Å². The van der Waals surface area contributed by atoms with Crippen molar-refractivity contribution >= 4 is 17.0 Å². The topological polar surface area (TPSA) is 68.3 Å². The fourth-order valence-electron chi connectivity index (χ4n) is 3.88. The summed E-state index contributed by atoms with van der Waals surface area (Å²) < 4.78 is 6.78. The van der Waals surface area contributed by atoms with Crippen LogP contribution in [0.3, 0.4) is 0 Å². The fraction of sp³-hybridized carbons (Fsp3) is 0.174. The molecule has 3 heterocycles. The van der Waals surface area contributed by atoms with Gasteiger partial charge in [-0.2, -0.15) is 0 Å². The van der Waals surface area contributed by atoms with Crippen LogP contribution in [0.25, 0.3) is 22.2 Å². The van der Waals surface area contributed by atoms with Crippen molar-refractivity contribution in [3.8, 4) is 11.1 Å². The second-order valence-electron chi connectivity index (χ2n) is 7.21. The number of aromatic nitrogens is 2. The first-order valence-corrected chi connectivity index (χ1v) is 9.57. The van der Waals surface area contributed by atoms with Crippen LogP contribution in [-0.2, 0) is 24.3 Å². The lowest BCUT2D eigenvalue weighted by Gasteiger charge is -2.28. The third kappa shape index (κ3) is 3.23.